The van der Waals surface area contributed by atoms with Crippen LogP contribution in [0.25, 0.3) is 5.57 Å². The number of nitrogens with zero attached hydrogens (tertiary/aromatic N) is 3. The number of benzene rings is 2. The van der Waals surface area contributed by atoms with E-state index in [1.165, 1.54) is 67.8 Å². The van der Waals surface area contributed by atoms with Crippen LogP contribution in [0.4, 0.5) is 0 Å². The van der Waals surface area contributed by atoms with E-state index >= 15 is 0 Å². The van der Waals surface area contributed by atoms with Gasteiger partial charge in [0, 0.05) is 66.4 Å². The van der Waals surface area contributed by atoms with Crippen molar-refractivity contribution in [3.05, 3.63) is 92.7 Å². The second-order valence-electron chi connectivity index (χ2n) is 22.2. The molecule has 458 valence electrons. The third kappa shape index (κ3) is 35.3. The number of carbonyl (C=O) groups is 4. The highest BCUT2D eigenvalue weighted by Crippen LogP contribution is 2.41. The van der Waals surface area contributed by atoms with E-state index in [0.717, 1.165) is 90.6 Å². The summed E-state index contributed by atoms with van der Waals surface area (Å²) in [5.74, 6) is 1.97. The Kier molecular flexibility index (Phi) is 43.4. The molecule has 0 saturated carbocycles. The Morgan fingerprint density at radius 2 is 1.47 bits per heavy atom. The third-order valence-electron chi connectivity index (χ3n) is 14.0. The molecule has 0 spiro atoms. The number of unbranched alkanes of at least 4 members (excludes halogenated alkanes) is 6. The molecule has 1 fully saturated rings. The van der Waals surface area contributed by atoms with Crippen LogP contribution >= 0.6 is 35.0 Å². The number of nitrogens with two attached hydrogens (primary N) is 2. The molecule has 13 nitrogen and oxygen atoms in total. The number of allylic oxidation sites excluding steroid dienone is 4. The van der Waals surface area contributed by atoms with Crippen LogP contribution in [0, 0.1) is 23.2 Å². The minimum atomic E-state index is -0.447. The number of β-amino-alcohol motifs (C(OH)–C–C–N with tert-alkyl or cyclic N) is 1. The highest BCUT2D eigenvalue weighted by Gasteiger charge is 2.27. The van der Waals surface area contributed by atoms with E-state index in [0.29, 0.717) is 73.6 Å². The number of nitrogens with one attached hydrogen (secondary N) is 3. The summed E-state index contributed by atoms with van der Waals surface area (Å²) in [4.78, 5) is 58.6. The molecule has 4 atom stereocenters. The Labute approximate surface area is 505 Å². The fourth-order valence-electron chi connectivity index (χ4n) is 8.42. The molecule has 4 amide bonds. The van der Waals surface area contributed by atoms with Gasteiger partial charge in [0.25, 0.3) is 0 Å². The first kappa shape index (κ1) is 76.5. The van der Waals surface area contributed by atoms with Crippen LogP contribution in [0.1, 0.15) is 210 Å². The molecule has 16 heteroatoms. The molecule has 3 rings (SSSR count). The predicted molar refractivity (Wildman–Crippen MR) is 348 cm³/mol. The van der Waals surface area contributed by atoms with Crippen LogP contribution in [0.15, 0.2) is 86.4 Å². The number of likely N-dealkylation sites (tertiary alicyclic amines) is 1. The number of halogens is 2. The first-order valence-corrected chi connectivity index (χ1v) is 31.6. The molecule has 1 saturated heterocycles. The van der Waals surface area contributed by atoms with E-state index in [-0.39, 0.29) is 35.6 Å². The van der Waals surface area contributed by atoms with Crippen molar-refractivity contribution in [2.45, 2.75) is 216 Å². The average Bonchev–Trinajstić information content (AvgIpc) is 3.92. The van der Waals surface area contributed by atoms with Crippen molar-refractivity contribution in [3.63, 3.8) is 0 Å². The van der Waals surface area contributed by atoms with Crippen molar-refractivity contribution in [3.8, 4) is 0 Å². The lowest BCUT2D eigenvalue weighted by Gasteiger charge is -2.33. The van der Waals surface area contributed by atoms with Crippen LogP contribution in [0.2, 0.25) is 10.0 Å². The fraction of sp³-hybridized carbons (Fsp3) is 0.631. The van der Waals surface area contributed by atoms with Gasteiger partial charge >= 0.3 is 0 Å². The topological polar surface area (TPSA) is 205 Å². The molecule has 1 heterocycles. The first-order valence-electron chi connectivity index (χ1n) is 30.0. The first-order chi connectivity index (χ1) is 38.6. The molecule has 0 aromatic heterocycles. The van der Waals surface area contributed by atoms with Gasteiger partial charge in [-0.1, -0.05) is 179 Å². The van der Waals surface area contributed by atoms with Crippen LogP contribution in [-0.4, -0.2) is 84.9 Å². The van der Waals surface area contributed by atoms with Crippen LogP contribution in [0.5, 0.6) is 0 Å². The van der Waals surface area contributed by atoms with Crippen molar-refractivity contribution in [1.29, 1.82) is 0 Å². The van der Waals surface area contributed by atoms with Crippen molar-refractivity contribution in [2.24, 2.45) is 44.6 Å². The Morgan fingerprint density at radius 1 is 0.852 bits per heavy atom. The molecule has 0 aliphatic carbocycles. The van der Waals surface area contributed by atoms with Crippen LogP contribution in [0.3, 0.4) is 0 Å². The monoisotopic (exact) mass is 1180 g/mol. The number of hydrogen-bond acceptors (Lipinski definition) is 10. The van der Waals surface area contributed by atoms with Crippen molar-refractivity contribution in [1.82, 2.24) is 20.9 Å². The lowest BCUT2D eigenvalue weighted by molar-refractivity contribution is -0.132. The van der Waals surface area contributed by atoms with E-state index in [4.69, 9.17) is 34.7 Å². The van der Waals surface area contributed by atoms with Gasteiger partial charge in [0.15, 0.2) is 0 Å². The summed E-state index contributed by atoms with van der Waals surface area (Å²) in [6.45, 7) is 32.1. The molecule has 1 aliphatic heterocycles. The fourth-order valence-corrected chi connectivity index (χ4v) is 9.99. The van der Waals surface area contributed by atoms with Gasteiger partial charge in [-0.2, -0.15) is 0 Å². The number of thioether (sulfide) groups is 1. The predicted octanol–water partition coefficient (Wildman–Crippen LogP) is 15.0. The number of rotatable bonds is 34. The smallest absolute Gasteiger partial charge is 0.242 e. The van der Waals surface area contributed by atoms with Gasteiger partial charge in [-0.25, -0.2) is 4.99 Å². The van der Waals surface area contributed by atoms with E-state index in [2.05, 4.69) is 114 Å². The maximum atomic E-state index is 12.1. The summed E-state index contributed by atoms with van der Waals surface area (Å²) in [7, 11) is 0. The van der Waals surface area contributed by atoms with E-state index in [9.17, 15) is 24.3 Å². The second-order valence-corrected chi connectivity index (χ2v) is 24.0. The highest BCUT2D eigenvalue weighted by molar-refractivity contribution is 8.03. The quantitative estimate of drug-likeness (QED) is 0.0172. The normalized spacial score (nSPS) is 15.3. The SMILES string of the molecule is C=C/C(C)=N\C(N)=C(\Sc1cccc(Cl)c1Cl)C(C)CC.CC(C)C.CCC(C)C=N/C(C)=C(\C)c1ccc(CNC=O)cc1.CCCCCC(CN)(CCC)CCCCCC(=O)NCCCCCC(=O)NCC(=O)N1CCC(O)C1. The molecule has 0 bridgehead atoms. The van der Waals surface area contributed by atoms with Crippen LogP contribution < -0.4 is 27.4 Å². The zero-order valence-electron chi connectivity index (χ0n) is 52.0. The average molecular weight is 1180 g/mol. The lowest BCUT2D eigenvalue weighted by Crippen LogP contribution is -2.39. The van der Waals surface area contributed by atoms with Gasteiger partial charge in [0.2, 0.25) is 24.1 Å². The Balaban J connectivity index is 0.00000121. The summed E-state index contributed by atoms with van der Waals surface area (Å²) >= 11 is 13.8. The van der Waals surface area contributed by atoms with E-state index in [1.54, 1.807) is 17.0 Å². The minimum Gasteiger partial charge on any atom is -0.391 e. The van der Waals surface area contributed by atoms with Crippen molar-refractivity contribution in [2.75, 3.05) is 32.7 Å². The van der Waals surface area contributed by atoms with Gasteiger partial charge in [-0.3, -0.25) is 24.2 Å². The Bertz CT molecular complexity index is 2230. The largest absolute Gasteiger partial charge is 0.391 e. The maximum Gasteiger partial charge on any atom is 0.242 e. The molecular weight excluding hydrogens is 1080 g/mol. The second kappa shape index (κ2) is 46.0. The summed E-state index contributed by atoms with van der Waals surface area (Å²) < 4.78 is 0. The maximum absolute atomic E-state index is 12.1. The molecule has 1 aliphatic rings. The molecule has 81 heavy (non-hydrogen) atoms. The number of amides is 4. The lowest BCUT2D eigenvalue weighted by atomic mass is 9.74. The third-order valence-corrected chi connectivity index (χ3v) is 16.3. The summed E-state index contributed by atoms with van der Waals surface area (Å²) in [5.41, 5.74) is 17.9. The number of hydrogen-bond donors (Lipinski definition) is 6. The Morgan fingerprint density at radius 3 is 2.01 bits per heavy atom. The van der Waals surface area contributed by atoms with Gasteiger partial charge < -0.3 is 37.4 Å². The molecule has 8 N–H and O–H groups in total. The minimum absolute atomic E-state index is 0.00766. The van der Waals surface area contributed by atoms with Gasteiger partial charge in [-0.05, 0) is 143 Å². The zero-order valence-corrected chi connectivity index (χ0v) is 54.3. The number of aliphatic hydroxyl groups excluding tert-OH is 1. The Hall–Kier alpha value is -4.47. The molecule has 4 unspecified atom stereocenters. The summed E-state index contributed by atoms with van der Waals surface area (Å²) in [5, 5.41) is 18.9. The van der Waals surface area contributed by atoms with Gasteiger partial charge in [-0.15, -0.1) is 0 Å². The molecular formula is C65H108Cl2N8O5S. The number of carbonyl (C=O) groups excluding carboxylic acids is 4. The summed E-state index contributed by atoms with van der Waals surface area (Å²) in [6, 6.07) is 13.8. The molecule has 2 aromatic rings. The zero-order chi connectivity index (χ0) is 61.2. The van der Waals surface area contributed by atoms with Crippen molar-refractivity contribution < 1.29 is 24.3 Å². The van der Waals surface area contributed by atoms with E-state index in [1.807, 2.05) is 44.3 Å². The van der Waals surface area contributed by atoms with E-state index < -0.39 is 6.10 Å². The van der Waals surface area contributed by atoms with Crippen LogP contribution in [-0.2, 0) is 25.7 Å². The van der Waals surface area contributed by atoms with Crippen molar-refractivity contribution >= 4 is 76.6 Å². The molecule has 2 aromatic carbocycles. The molecule has 0 radical (unpaired) electrons. The standard InChI is InChI=1S/C28H54N4O4.C17H24N2O.C16H20Cl2N2S.C4H10/c1-3-5-10-17-28(23-29,16-4-2)18-11-6-8-13-25(34)30-19-12-7-9-14-26(35)31-21-27(36)32-20-15-24(33)22-32;1-5-13(2)10-19-15(4)14(3)17-8-6-16(7-9-17)11-18-12-20;1-5-10(3)15(16(19)20-11(4)6-2)21-13-9-7-8-12(17)14(13)18;1-4(2)3/h24,33H,3-23,29H2,1-2H3,(H,30,34)(H,31,35);6-10,12-13H,5,11H2,1-4H3,(H,18,20);6-10H,2,5,19H2,1,3-4H3;4H,1-3H3/b;15-14+,19-10?;16-15+,20-11-;. The van der Waals surface area contributed by atoms with Gasteiger partial charge in [0.05, 0.1) is 22.7 Å². The number of aliphatic hydroxyl groups is 1. The van der Waals surface area contributed by atoms with Gasteiger partial charge in [0.1, 0.15) is 5.82 Å². The summed E-state index contributed by atoms with van der Waals surface area (Å²) in [6.07, 6.45) is 21.7. The number of aliphatic imine (C=N–C) groups is 2. The highest BCUT2D eigenvalue weighted by atomic mass is 35.5.